The van der Waals surface area contributed by atoms with E-state index in [4.69, 9.17) is 16.7 Å². The van der Waals surface area contributed by atoms with Crippen molar-refractivity contribution in [2.75, 3.05) is 11.9 Å². The standard InChI is InChI=1S/C24H25ClF3NO5S/c25-17-5-4-13(23(31)29-16-9-18(26)21(28)19(27)10-16)8-20(17)35(33,34)22-14-2-3-15(22)12-24(32,11-14)6-1-7-30/h4-5,8-10,14-15,22,30,32H,1-3,6-7,11-12H2,(H,29,31)/t14-,15?,22?,24?/m0/s1. The number of anilines is 1. The molecule has 4 atom stereocenters. The lowest BCUT2D eigenvalue weighted by Gasteiger charge is -2.41. The van der Waals surface area contributed by atoms with Gasteiger partial charge in [0.2, 0.25) is 0 Å². The second-order valence-electron chi connectivity index (χ2n) is 9.42. The van der Waals surface area contributed by atoms with Crippen molar-refractivity contribution in [3.8, 4) is 0 Å². The van der Waals surface area contributed by atoms with Gasteiger partial charge in [-0.05, 0) is 68.6 Å². The summed E-state index contributed by atoms with van der Waals surface area (Å²) in [6, 6.07) is 4.88. The summed E-state index contributed by atoms with van der Waals surface area (Å²) in [5, 5.41) is 21.4. The fourth-order valence-corrected chi connectivity index (χ4v) is 8.44. The second-order valence-corrected chi connectivity index (χ2v) is 11.9. The van der Waals surface area contributed by atoms with Crippen LogP contribution in [0.15, 0.2) is 35.2 Å². The third-order valence-corrected chi connectivity index (χ3v) is 9.90. The Morgan fingerprint density at radius 2 is 1.69 bits per heavy atom. The number of rotatable bonds is 7. The SMILES string of the molecule is O=C(Nc1cc(F)c(F)c(F)c1)c1ccc(Cl)c(S(=O)(=O)C2C3CC[C@H]2CC(O)(CCCO)C3)c1. The van der Waals surface area contributed by atoms with Crippen LogP contribution < -0.4 is 5.32 Å². The van der Waals surface area contributed by atoms with Gasteiger partial charge in [0, 0.05) is 30.0 Å². The van der Waals surface area contributed by atoms with Crippen LogP contribution in [0.1, 0.15) is 48.9 Å². The first-order valence-corrected chi connectivity index (χ1v) is 13.2. The van der Waals surface area contributed by atoms with Crippen LogP contribution in [0.2, 0.25) is 5.02 Å². The molecule has 2 saturated carbocycles. The van der Waals surface area contributed by atoms with Gasteiger partial charge >= 0.3 is 0 Å². The molecule has 2 aliphatic rings. The topological polar surface area (TPSA) is 104 Å². The lowest BCUT2D eigenvalue weighted by atomic mass is 9.75. The summed E-state index contributed by atoms with van der Waals surface area (Å²) >= 11 is 6.24. The van der Waals surface area contributed by atoms with Crippen molar-refractivity contribution in [2.45, 2.75) is 54.3 Å². The molecule has 0 saturated heterocycles. The molecule has 2 aromatic carbocycles. The molecule has 3 unspecified atom stereocenters. The molecule has 2 aromatic rings. The van der Waals surface area contributed by atoms with Gasteiger partial charge in [0.15, 0.2) is 27.3 Å². The molecule has 2 fully saturated rings. The Morgan fingerprint density at radius 1 is 1.09 bits per heavy atom. The number of hydrogen-bond donors (Lipinski definition) is 3. The van der Waals surface area contributed by atoms with Gasteiger partial charge in [0.05, 0.1) is 20.8 Å². The van der Waals surface area contributed by atoms with Crippen molar-refractivity contribution in [1.29, 1.82) is 0 Å². The number of fused-ring (bicyclic) bond motifs is 2. The van der Waals surface area contributed by atoms with E-state index in [9.17, 15) is 31.5 Å². The summed E-state index contributed by atoms with van der Waals surface area (Å²) in [7, 11) is -3.99. The second kappa shape index (κ2) is 9.72. The Bertz CT molecular complexity index is 1220. The summed E-state index contributed by atoms with van der Waals surface area (Å²) in [4.78, 5) is 12.4. The maximum Gasteiger partial charge on any atom is 0.255 e. The third kappa shape index (κ3) is 5.07. The largest absolute Gasteiger partial charge is 0.396 e. The van der Waals surface area contributed by atoms with Crippen LogP contribution in [0.3, 0.4) is 0 Å². The Morgan fingerprint density at radius 3 is 2.26 bits per heavy atom. The van der Waals surface area contributed by atoms with Crippen molar-refractivity contribution >= 4 is 33.0 Å². The van der Waals surface area contributed by atoms with Gasteiger partial charge in [0.1, 0.15) is 0 Å². The minimum atomic E-state index is -3.99. The minimum Gasteiger partial charge on any atom is -0.396 e. The van der Waals surface area contributed by atoms with Gasteiger partial charge in [0.25, 0.3) is 5.91 Å². The average molecular weight is 532 g/mol. The normalized spacial score (nSPS) is 26.1. The number of benzene rings is 2. The number of sulfone groups is 1. The number of carbonyl (C=O) groups excluding carboxylic acids is 1. The highest BCUT2D eigenvalue weighted by atomic mass is 35.5. The highest BCUT2D eigenvalue weighted by molar-refractivity contribution is 7.92. The van der Waals surface area contributed by atoms with Crippen molar-refractivity contribution in [3.05, 3.63) is 58.4 Å². The molecule has 4 rings (SSSR count). The smallest absolute Gasteiger partial charge is 0.255 e. The van der Waals surface area contributed by atoms with Gasteiger partial charge in [-0.3, -0.25) is 4.79 Å². The molecule has 2 aliphatic carbocycles. The van der Waals surface area contributed by atoms with Gasteiger partial charge in [-0.2, -0.15) is 0 Å². The van der Waals surface area contributed by atoms with E-state index in [0.29, 0.717) is 50.7 Å². The molecule has 0 heterocycles. The molecule has 0 radical (unpaired) electrons. The number of aliphatic hydroxyl groups is 2. The van der Waals surface area contributed by atoms with Crippen LogP contribution in [0, 0.1) is 29.3 Å². The number of nitrogens with one attached hydrogen (secondary N) is 1. The van der Waals surface area contributed by atoms with Crippen molar-refractivity contribution in [2.24, 2.45) is 11.8 Å². The molecule has 0 spiro atoms. The fourth-order valence-electron chi connectivity index (χ4n) is 5.60. The predicted molar refractivity (Wildman–Crippen MR) is 123 cm³/mol. The van der Waals surface area contributed by atoms with E-state index in [1.165, 1.54) is 12.1 Å². The number of carbonyl (C=O) groups is 1. The summed E-state index contributed by atoms with van der Waals surface area (Å²) in [5.74, 6) is -6.07. The van der Waals surface area contributed by atoms with Crippen LogP contribution in [-0.2, 0) is 9.84 Å². The maximum absolute atomic E-state index is 13.7. The molecule has 0 aromatic heterocycles. The van der Waals surface area contributed by atoms with Crippen molar-refractivity contribution < 1.29 is 36.6 Å². The summed E-state index contributed by atoms with van der Waals surface area (Å²) in [6.07, 6.45) is 2.69. The van der Waals surface area contributed by atoms with E-state index in [1.54, 1.807) is 0 Å². The summed E-state index contributed by atoms with van der Waals surface area (Å²) in [5.41, 5.74) is -1.47. The Labute approximate surface area is 206 Å². The maximum atomic E-state index is 13.7. The Hall–Kier alpha value is -2.14. The van der Waals surface area contributed by atoms with Gasteiger partial charge in [-0.25, -0.2) is 21.6 Å². The Balaban J connectivity index is 1.59. The predicted octanol–water partition coefficient (Wildman–Crippen LogP) is 4.48. The van der Waals surface area contributed by atoms with Crippen molar-refractivity contribution in [3.63, 3.8) is 0 Å². The zero-order valence-electron chi connectivity index (χ0n) is 18.6. The molecular formula is C24H25ClF3NO5S. The van der Waals surface area contributed by atoms with Crippen LogP contribution in [0.5, 0.6) is 0 Å². The molecule has 3 N–H and O–H groups in total. The molecular weight excluding hydrogens is 507 g/mol. The Kier molecular flexibility index (Phi) is 7.21. The molecule has 35 heavy (non-hydrogen) atoms. The van der Waals surface area contributed by atoms with Crippen molar-refractivity contribution in [1.82, 2.24) is 0 Å². The first-order valence-electron chi connectivity index (χ1n) is 11.3. The third-order valence-electron chi connectivity index (χ3n) is 7.02. The highest BCUT2D eigenvalue weighted by Crippen LogP contribution is 2.52. The highest BCUT2D eigenvalue weighted by Gasteiger charge is 2.54. The molecule has 2 bridgehead atoms. The monoisotopic (exact) mass is 531 g/mol. The van der Waals surface area contributed by atoms with Gasteiger partial charge < -0.3 is 15.5 Å². The van der Waals surface area contributed by atoms with E-state index in [1.807, 2.05) is 0 Å². The van der Waals surface area contributed by atoms with Crippen LogP contribution >= 0.6 is 11.6 Å². The number of halogens is 4. The van der Waals surface area contributed by atoms with E-state index < -0.39 is 44.0 Å². The van der Waals surface area contributed by atoms with Gasteiger partial charge in [-0.1, -0.05) is 11.6 Å². The van der Waals surface area contributed by atoms with Crippen LogP contribution in [0.4, 0.5) is 18.9 Å². The first kappa shape index (κ1) is 25.9. The molecule has 190 valence electrons. The summed E-state index contributed by atoms with van der Waals surface area (Å²) in [6.45, 7) is -0.0545. The van der Waals surface area contributed by atoms with Crippen LogP contribution in [0.25, 0.3) is 0 Å². The zero-order valence-corrected chi connectivity index (χ0v) is 20.2. The van der Waals surface area contributed by atoms with Gasteiger partial charge in [-0.15, -0.1) is 0 Å². The van der Waals surface area contributed by atoms with E-state index in [0.717, 1.165) is 6.07 Å². The quantitative estimate of drug-likeness (QED) is 0.457. The lowest BCUT2D eigenvalue weighted by Crippen LogP contribution is -2.46. The fraction of sp³-hybridized carbons (Fsp3) is 0.458. The average Bonchev–Trinajstić information content (AvgIpc) is 3.09. The van der Waals surface area contributed by atoms with E-state index in [-0.39, 0.29) is 39.6 Å². The molecule has 11 heteroatoms. The van der Waals surface area contributed by atoms with E-state index in [2.05, 4.69) is 5.32 Å². The summed E-state index contributed by atoms with van der Waals surface area (Å²) < 4.78 is 67.5. The number of amides is 1. The minimum absolute atomic E-state index is 0.0545. The molecule has 6 nitrogen and oxygen atoms in total. The van der Waals surface area contributed by atoms with Crippen LogP contribution in [-0.4, -0.2) is 42.0 Å². The molecule has 0 aliphatic heterocycles. The molecule has 1 amide bonds. The lowest BCUT2D eigenvalue weighted by molar-refractivity contribution is -0.0300. The van der Waals surface area contributed by atoms with E-state index >= 15 is 0 Å². The number of hydrogen-bond acceptors (Lipinski definition) is 5. The zero-order chi connectivity index (χ0) is 25.5. The number of aliphatic hydroxyl groups excluding tert-OH is 1. The first-order chi connectivity index (χ1) is 16.4.